The molecule has 1 heterocycles. The monoisotopic (exact) mass is 505 g/mol. The first kappa shape index (κ1) is 21.8. The predicted molar refractivity (Wildman–Crippen MR) is 122 cm³/mol. The van der Waals surface area contributed by atoms with E-state index in [4.69, 9.17) is 34.3 Å². The summed E-state index contributed by atoms with van der Waals surface area (Å²) in [5.74, 6) is -0.812. The molecular weight excluding hydrogens is 493 g/mol. The second-order valence-electron chi connectivity index (χ2n) is 6.07. The normalized spacial score (nSPS) is 10.4. The molecule has 5 N–H and O–H groups in total. The lowest BCUT2D eigenvalue weighted by molar-refractivity contribution is 0.102. The van der Waals surface area contributed by atoms with Crippen LogP contribution in [0.1, 0.15) is 26.3 Å². The van der Waals surface area contributed by atoms with Crippen molar-refractivity contribution in [1.82, 2.24) is 4.98 Å². The van der Waals surface area contributed by atoms with Gasteiger partial charge in [0.15, 0.2) is 0 Å². The number of aromatic nitrogens is 1. The second kappa shape index (κ2) is 9.25. The minimum atomic E-state index is -0.518. The van der Waals surface area contributed by atoms with Crippen molar-refractivity contribution in [2.75, 3.05) is 10.6 Å². The highest BCUT2D eigenvalue weighted by atomic mass is 79.9. The molecule has 2 amide bonds. The van der Waals surface area contributed by atoms with Gasteiger partial charge in [0.25, 0.3) is 11.8 Å². The van der Waals surface area contributed by atoms with Crippen molar-refractivity contribution in [2.45, 2.75) is 0 Å². The van der Waals surface area contributed by atoms with Gasteiger partial charge in [-0.1, -0.05) is 51.3 Å². The lowest BCUT2D eigenvalue weighted by Crippen LogP contribution is -2.19. The third kappa shape index (κ3) is 5.15. The summed E-state index contributed by atoms with van der Waals surface area (Å²) in [6.07, 6.45) is 1.40. The lowest BCUT2D eigenvalue weighted by Gasteiger charge is -2.14. The van der Waals surface area contributed by atoms with Crippen LogP contribution in [-0.2, 0) is 0 Å². The molecule has 0 unspecified atom stereocenters. The van der Waals surface area contributed by atoms with E-state index < -0.39 is 11.8 Å². The Balaban J connectivity index is 1.88. The highest BCUT2D eigenvalue weighted by Gasteiger charge is 2.19. The van der Waals surface area contributed by atoms with Crippen LogP contribution in [0.2, 0.25) is 10.0 Å². The summed E-state index contributed by atoms with van der Waals surface area (Å²) in [5.41, 5.74) is 6.51. The number of carbonyl (C=O) groups is 2. The maximum atomic E-state index is 12.8. The van der Waals surface area contributed by atoms with Gasteiger partial charge >= 0.3 is 0 Å². The van der Waals surface area contributed by atoms with Gasteiger partial charge in [0.2, 0.25) is 0 Å². The number of hydrogen-bond donors (Lipinski definition) is 4. The van der Waals surface area contributed by atoms with Gasteiger partial charge in [-0.25, -0.2) is 4.98 Å². The Morgan fingerprint density at radius 1 is 0.967 bits per heavy atom. The number of amides is 2. The molecule has 0 atom stereocenters. The molecule has 0 fully saturated rings. The number of benzene rings is 2. The third-order valence-electron chi connectivity index (χ3n) is 3.97. The van der Waals surface area contributed by atoms with Crippen LogP contribution in [0, 0.1) is 5.41 Å². The van der Waals surface area contributed by atoms with Gasteiger partial charge in [-0.2, -0.15) is 0 Å². The van der Waals surface area contributed by atoms with Gasteiger partial charge in [-0.3, -0.25) is 15.0 Å². The van der Waals surface area contributed by atoms with Crippen LogP contribution in [0.25, 0.3) is 0 Å². The van der Waals surface area contributed by atoms with Crippen LogP contribution in [0.3, 0.4) is 0 Å². The summed E-state index contributed by atoms with van der Waals surface area (Å²) >= 11 is 15.4. The first-order valence-electron chi connectivity index (χ1n) is 8.42. The van der Waals surface area contributed by atoms with Crippen molar-refractivity contribution in [3.05, 3.63) is 85.9 Å². The molecule has 30 heavy (non-hydrogen) atoms. The summed E-state index contributed by atoms with van der Waals surface area (Å²) in [4.78, 5) is 29.5. The molecule has 10 heteroatoms. The van der Waals surface area contributed by atoms with Gasteiger partial charge in [-0.05, 0) is 36.4 Å². The van der Waals surface area contributed by atoms with E-state index in [1.165, 1.54) is 24.4 Å². The van der Waals surface area contributed by atoms with E-state index in [0.717, 1.165) is 0 Å². The number of anilines is 2. The van der Waals surface area contributed by atoms with E-state index in [-0.39, 0.29) is 27.9 Å². The average molecular weight is 507 g/mol. The number of amidine groups is 1. The molecular formula is C20H14BrCl2N5O2. The zero-order chi connectivity index (χ0) is 21.8. The van der Waals surface area contributed by atoms with E-state index in [1.54, 1.807) is 30.3 Å². The zero-order valence-electron chi connectivity index (χ0n) is 15.2. The topological polar surface area (TPSA) is 121 Å². The first-order chi connectivity index (χ1) is 14.2. The molecule has 0 radical (unpaired) electrons. The third-order valence-corrected chi connectivity index (χ3v) is 4.94. The molecule has 7 nitrogen and oxygen atoms in total. The van der Waals surface area contributed by atoms with Crippen molar-refractivity contribution in [1.29, 1.82) is 5.41 Å². The molecule has 3 rings (SSSR count). The van der Waals surface area contributed by atoms with E-state index in [1.807, 2.05) is 0 Å². The molecule has 0 aliphatic heterocycles. The smallest absolute Gasteiger partial charge is 0.259 e. The Morgan fingerprint density at radius 3 is 2.23 bits per heavy atom. The molecule has 0 spiro atoms. The van der Waals surface area contributed by atoms with Crippen molar-refractivity contribution >= 4 is 68.3 Å². The van der Waals surface area contributed by atoms with Crippen LogP contribution in [-0.4, -0.2) is 22.6 Å². The van der Waals surface area contributed by atoms with Gasteiger partial charge in [0.05, 0.1) is 21.3 Å². The highest BCUT2D eigenvalue weighted by molar-refractivity contribution is 9.10. The molecule has 0 aliphatic carbocycles. The average Bonchev–Trinajstić information content (AvgIpc) is 2.71. The predicted octanol–water partition coefficient (Wildman–Crippen LogP) is 4.94. The van der Waals surface area contributed by atoms with E-state index in [2.05, 4.69) is 31.5 Å². The second-order valence-corrected chi connectivity index (χ2v) is 7.83. The van der Waals surface area contributed by atoms with Crippen LogP contribution in [0.15, 0.2) is 59.2 Å². The summed E-state index contributed by atoms with van der Waals surface area (Å²) in [6, 6.07) is 12.4. The van der Waals surface area contributed by atoms with Gasteiger partial charge in [0.1, 0.15) is 11.7 Å². The lowest BCUT2D eigenvalue weighted by atomic mass is 10.1. The van der Waals surface area contributed by atoms with Gasteiger partial charge in [-0.15, -0.1) is 0 Å². The summed E-state index contributed by atoms with van der Waals surface area (Å²) in [6.45, 7) is 0. The van der Waals surface area contributed by atoms with Crippen molar-refractivity contribution in [2.24, 2.45) is 5.73 Å². The number of nitrogens with zero attached hydrogens (tertiary/aromatic N) is 1. The number of nitrogens with one attached hydrogen (secondary N) is 3. The fourth-order valence-corrected chi connectivity index (χ4v) is 3.47. The van der Waals surface area contributed by atoms with E-state index in [9.17, 15) is 9.59 Å². The highest BCUT2D eigenvalue weighted by Crippen LogP contribution is 2.31. The van der Waals surface area contributed by atoms with Crippen molar-refractivity contribution in [3.63, 3.8) is 0 Å². The maximum Gasteiger partial charge on any atom is 0.259 e. The number of rotatable bonds is 5. The SMILES string of the molecule is N=C(N)c1ccc(C(=O)Nc2c(Cl)cc(Br)cc2C(=O)Nc2ccc(Cl)cn2)cc1. The minimum absolute atomic E-state index is 0.104. The van der Waals surface area contributed by atoms with E-state index >= 15 is 0 Å². The van der Waals surface area contributed by atoms with Crippen LogP contribution >= 0.6 is 39.1 Å². The fraction of sp³-hybridized carbons (Fsp3) is 0. The molecule has 0 saturated carbocycles. The number of pyridine rings is 1. The minimum Gasteiger partial charge on any atom is -0.384 e. The summed E-state index contributed by atoms with van der Waals surface area (Å²) < 4.78 is 0.561. The molecule has 0 bridgehead atoms. The Bertz CT molecular complexity index is 1140. The number of carbonyl (C=O) groups excluding carboxylic acids is 2. The molecule has 3 aromatic rings. The Kier molecular flexibility index (Phi) is 6.71. The summed E-state index contributed by atoms with van der Waals surface area (Å²) in [7, 11) is 0. The number of hydrogen-bond acceptors (Lipinski definition) is 4. The van der Waals surface area contributed by atoms with E-state index in [0.29, 0.717) is 20.6 Å². The quantitative estimate of drug-likeness (QED) is 0.289. The van der Waals surface area contributed by atoms with Crippen molar-refractivity contribution in [3.8, 4) is 0 Å². The largest absolute Gasteiger partial charge is 0.384 e. The Morgan fingerprint density at radius 2 is 1.63 bits per heavy atom. The molecule has 0 aliphatic rings. The van der Waals surface area contributed by atoms with Crippen molar-refractivity contribution < 1.29 is 9.59 Å². The van der Waals surface area contributed by atoms with Gasteiger partial charge in [0, 0.05) is 21.8 Å². The number of nitrogen functional groups attached to an aromatic ring is 1. The van der Waals surface area contributed by atoms with Crippen LogP contribution in [0.5, 0.6) is 0 Å². The Labute approximate surface area is 190 Å². The standard InChI is InChI=1S/C20H14BrCl2N5O2/c21-12-7-14(20(30)27-16-6-5-13(22)9-26-16)17(15(23)8-12)28-19(29)11-3-1-10(2-4-11)18(24)25/h1-9H,(H3,24,25)(H,28,29)(H,26,27,30). The number of nitrogens with two attached hydrogens (primary N) is 1. The fourth-order valence-electron chi connectivity index (χ4n) is 2.50. The van der Waals surface area contributed by atoms with Crippen LogP contribution in [0.4, 0.5) is 11.5 Å². The Hall–Kier alpha value is -2.94. The van der Waals surface area contributed by atoms with Gasteiger partial charge < -0.3 is 16.4 Å². The number of halogens is 3. The first-order valence-corrected chi connectivity index (χ1v) is 9.97. The molecule has 2 aromatic carbocycles. The van der Waals surface area contributed by atoms with Crippen LogP contribution < -0.4 is 16.4 Å². The zero-order valence-corrected chi connectivity index (χ0v) is 18.3. The molecule has 1 aromatic heterocycles. The molecule has 0 saturated heterocycles. The summed E-state index contributed by atoms with van der Waals surface area (Å²) in [5, 5.41) is 13.3. The maximum absolute atomic E-state index is 12.8. The molecule has 152 valence electrons.